The van der Waals surface area contributed by atoms with Gasteiger partial charge in [0.2, 0.25) is 0 Å². The minimum atomic E-state index is -0.242. The summed E-state index contributed by atoms with van der Waals surface area (Å²) in [4.78, 5) is 16.7. The average Bonchev–Trinajstić information content (AvgIpc) is 3.08. The zero-order valence-electron chi connectivity index (χ0n) is 14.3. The maximum Gasteiger partial charge on any atom is 0.319 e. The third-order valence-corrected chi connectivity index (χ3v) is 3.87. The van der Waals surface area contributed by atoms with Gasteiger partial charge in [0.1, 0.15) is 5.65 Å². The van der Waals surface area contributed by atoms with E-state index in [4.69, 9.17) is 0 Å². The number of fused-ring (bicyclic) bond motifs is 1. The van der Waals surface area contributed by atoms with Crippen molar-refractivity contribution in [2.45, 2.75) is 26.8 Å². The van der Waals surface area contributed by atoms with Crippen molar-refractivity contribution in [3.63, 3.8) is 0 Å². The van der Waals surface area contributed by atoms with Crippen molar-refractivity contribution in [3.8, 4) is 0 Å². The van der Waals surface area contributed by atoms with Crippen LogP contribution in [0.1, 0.15) is 31.1 Å². The van der Waals surface area contributed by atoms with E-state index in [0.29, 0.717) is 5.69 Å². The molecule has 0 aliphatic heterocycles. The van der Waals surface area contributed by atoms with E-state index >= 15 is 0 Å². The van der Waals surface area contributed by atoms with Crippen LogP contribution in [0.15, 0.2) is 36.9 Å². The van der Waals surface area contributed by atoms with Crippen molar-refractivity contribution in [2.75, 3.05) is 5.32 Å². The van der Waals surface area contributed by atoms with Crippen LogP contribution in [0.5, 0.6) is 0 Å². The Kier molecular flexibility index (Phi) is 4.24. The number of urea groups is 1. The summed E-state index contributed by atoms with van der Waals surface area (Å²) in [7, 11) is 1.86. The molecule has 3 rings (SSSR count). The zero-order valence-corrected chi connectivity index (χ0v) is 14.3. The number of pyridine rings is 1. The summed E-state index contributed by atoms with van der Waals surface area (Å²) in [6, 6.07) is 3.38. The first-order valence-electron chi connectivity index (χ1n) is 7.94. The van der Waals surface area contributed by atoms with Gasteiger partial charge >= 0.3 is 6.03 Å². The number of carbonyl (C=O) groups is 1. The third-order valence-electron chi connectivity index (χ3n) is 3.87. The minimum Gasteiger partial charge on any atom is -0.331 e. The fourth-order valence-electron chi connectivity index (χ4n) is 2.74. The summed E-state index contributed by atoms with van der Waals surface area (Å²) in [5, 5.41) is 10.1. The topological polar surface area (TPSA) is 76.2 Å². The predicted octanol–water partition coefficient (Wildman–Crippen LogP) is 2.90. The Bertz CT molecular complexity index is 863. The first-order chi connectivity index (χ1) is 11.4. The molecule has 0 fully saturated rings. The summed E-state index contributed by atoms with van der Waals surface area (Å²) in [6.45, 7) is 6.07. The van der Waals surface area contributed by atoms with Crippen LogP contribution >= 0.6 is 0 Å². The molecule has 7 heteroatoms. The highest BCUT2D eigenvalue weighted by molar-refractivity contribution is 5.89. The monoisotopic (exact) mass is 326 g/mol. The Morgan fingerprint density at radius 3 is 2.67 bits per heavy atom. The van der Waals surface area contributed by atoms with E-state index in [-0.39, 0.29) is 18.0 Å². The lowest BCUT2D eigenvalue weighted by atomic mass is 9.99. The SMILES string of the molecule is Cc1cn2cc(NC(=O)NC(c3cnn(C)c3)C(C)C)ccc2n1. The van der Waals surface area contributed by atoms with E-state index in [9.17, 15) is 4.79 Å². The van der Waals surface area contributed by atoms with E-state index in [2.05, 4.69) is 34.6 Å². The summed E-state index contributed by atoms with van der Waals surface area (Å²) in [5.74, 6) is 0.249. The van der Waals surface area contributed by atoms with E-state index in [0.717, 1.165) is 16.9 Å². The van der Waals surface area contributed by atoms with Crippen molar-refractivity contribution in [3.05, 3.63) is 48.2 Å². The standard InChI is InChI=1S/C17H22N6O/c1-11(2)16(13-7-18-22(4)9-13)21-17(24)20-14-5-6-15-19-12(3)8-23(15)10-14/h5-11,16H,1-4H3,(H2,20,21,24). The van der Waals surface area contributed by atoms with Crippen LogP contribution < -0.4 is 10.6 Å². The molecular weight excluding hydrogens is 304 g/mol. The number of imidazole rings is 1. The van der Waals surface area contributed by atoms with E-state index in [1.165, 1.54) is 0 Å². The molecule has 1 atom stereocenters. The molecule has 7 nitrogen and oxygen atoms in total. The molecule has 0 bridgehead atoms. The number of amides is 2. The number of hydrogen-bond donors (Lipinski definition) is 2. The van der Waals surface area contributed by atoms with Crippen molar-refractivity contribution in [2.24, 2.45) is 13.0 Å². The molecule has 1 unspecified atom stereocenters. The fraction of sp³-hybridized carbons (Fsp3) is 0.353. The Hall–Kier alpha value is -2.83. The molecule has 0 aromatic carbocycles. The van der Waals surface area contributed by atoms with Crippen LogP contribution in [0.4, 0.5) is 10.5 Å². The van der Waals surface area contributed by atoms with Crippen LogP contribution in [0, 0.1) is 12.8 Å². The molecule has 0 aliphatic rings. The molecule has 0 radical (unpaired) electrons. The highest BCUT2D eigenvalue weighted by Gasteiger charge is 2.19. The molecule has 3 aromatic heterocycles. The van der Waals surface area contributed by atoms with Crippen LogP contribution in [-0.2, 0) is 7.05 Å². The van der Waals surface area contributed by atoms with Crippen LogP contribution in [-0.4, -0.2) is 25.2 Å². The van der Waals surface area contributed by atoms with Crippen LogP contribution in [0.25, 0.3) is 5.65 Å². The van der Waals surface area contributed by atoms with Crippen molar-refractivity contribution < 1.29 is 4.79 Å². The number of nitrogens with one attached hydrogen (secondary N) is 2. The van der Waals surface area contributed by atoms with Gasteiger partial charge in [0.05, 0.1) is 23.6 Å². The largest absolute Gasteiger partial charge is 0.331 e. The van der Waals surface area contributed by atoms with Gasteiger partial charge in [-0.1, -0.05) is 13.8 Å². The maximum atomic E-state index is 12.4. The molecule has 2 N–H and O–H groups in total. The second-order valence-electron chi connectivity index (χ2n) is 6.33. The highest BCUT2D eigenvalue weighted by Crippen LogP contribution is 2.21. The number of rotatable bonds is 4. The van der Waals surface area contributed by atoms with Crippen molar-refractivity contribution in [1.29, 1.82) is 0 Å². The number of carbonyl (C=O) groups excluding carboxylic acids is 1. The summed E-state index contributed by atoms with van der Waals surface area (Å²) >= 11 is 0. The van der Waals surface area contributed by atoms with E-state index in [1.54, 1.807) is 10.9 Å². The average molecular weight is 326 g/mol. The second kappa shape index (κ2) is 6.35. The lowest BCUT2D eigenvalue weighted by molar-refractivity contribution is 0.244. The summed E-state index contributed by atoms with van der Waals surface area (Å²) in [5.41, 5.74) is 3.50. The predicted molar refractivity (Wildman–Crippen MR) is 92.9 cm³/mol. The molecule has 0 spiro atoms. The van der Waals surface area contributed by atoms with Gasteiger partial charge < -0.3 is 15.0 Å². The molecule has 0 saturated heterocycles. The number of nitrogens with zero attached hydrogens (tertiary/aromatic N) is 4. The van der Waals surface area contributed by atoms with Gasteiger partial charge in [-0.05, 0) is 25.0 Å². The molecule has 0 saturated carbocycles. The maximum absolute atomic E-state index is 12.4. The number of aryl methyl sites for hydroxylation is 2. The van der Waals surface area contributed by atoms with Crippen molar-refractivity contribution >= 4 is 17.4 Å². The van der Waals surface area contributed by atoms with Crippen LogP contribution in [0.2, 0.25) is 0 Å². The van der Waals surface area contributed by atoms with Gasteiger partial charge in [0.25, 0.3) is 0 Å². The van der Waals surface area contributed by atoms with Gasteiger partial charge in [0.15, 0.2) is 0 Å². The van der Waals surface area contributed by atoms with Gasteiger partial charge in [-0.2, -0.15) is 5.10 Å². The van der Waals surface area contributed by atoms with Gasteiger partial charge in [-0.15, -0.1) is 0 Å². The fourth-order valence-corrected chi connectivity index (χ4v) is 2.74. The zero-order chi connectivity index (χ0) is 17.3. The number of hydrogen-bond acceptors (Lipinski definition) is 3. The molecular formula is C17H22N6O. The Labute approximate surface area is 140 Å². The van der Waals surface area contributed by atoms with Crippen molar-refractivity contribution in [1.82, 2.24) is 24.5 Å². The minimum absolute atomic E-state index is 0.0991. The molecule has 3 aromatic rings. The highest BCUT2D eigenvalue weighted by atomic mass is 16.2. The quantitative estimate of drug-likeness (QED) is 0.774. The lowest BCUT2D eigenvalue weighted by Crippen LogP contribution is -2.35. The van der Waals surface area contributed by atoms with Gasteiger partial charge in [0, 0.05) is 31.2 Å². The molecule has 3 heterocycles. The Morgan fingerprint density at radius 1 is 1.21 bits per heavy atom. The molecule has 2 amide bonds. The normalized spacial score (nSPS) is 12.5. The van der Waals surface area contributed by atoms with Gasteiger partial charge in [-0.25, -0.2) is 9.78 Å². The first kappa shape index (κ1) is 16.0. The summed E-state index contributed by atoms with van der Waals surface area (Å²) < 4.78 is 3.63. The van der Waals surface area contributed by atoms with Gasteiger partial charge in [-0.3, -0.25) is 4.68 Å². The number of aromatic nitrogens is 4. The third kappa shape index (κ3) is 3.40. The van der Waals surface area contributed by atoms with E-state index < -0.39 is 0 Å². The smallest absolute Gasteiger partial charge is 0.319 e. The Morgan fingerprint density at radius 2 is 2.00 bits per heavy atom. The van der Waals surface area contributed by atoms with Crippen LogP contribution in [0.3, 0.4) is 0 Å². The lowest BCUT2D eigenvalue weighted by Gasteiger charge is -2.21. The summed E-state index contributed by atoms with van der Waals surface area (Å²) in [6.07, 6.45) is 7.48. The van der Waals surface area contributed by atoms with E-state index in [1.807, 2.05) is 49.1 Å². The second-order valence-corrected chi connectivity index (χ2v) is 6.33. The number of anilines is 1. The Balaban J connectivity index is 1.72. The molecule has 24 heavy (non-hydrogen) atoms. The molecule has 0 aliphatic carbocycles. The first-order valence-corrected chi connectivity index (χ1v) is 7.94. The molecule has 126 valence electrons.